The van der Waals surface area contributed by atoms with E-state index in [0.717, 1.165) is 78.0 Å². The summed E-state index contributed by atoms with van der Waals surface area (Å²) >= 11 is 21.2. The molecule has 1 spiro atoms. The van der Waals surface area contributed by atoms with Crippen LogP contribution in [0.5, 0.6) is 0 Å². The van der Waals surface area contributed by atoms with Gasteiger partial charge in [0.25, 0.3) is 0 Å². The maximum Gasteiger partial charge on any atom is 0.356 e. The third-order valence-electron chi connectivity index (χ3n) is 10.3. The fourth-order valence-corrected chi connectivity index (χ4v) is 9.78. The van der Waals surface area contributed by atoms with E-state index in [2.05, 4.69) is 32.4 Å². The summed E-state index contributed by atoms with van der Waals surface area (Å²) in [5.41, 5.74) is 4.10. The van der Waals surface area contributed by atoms with Crippen LogP contribution in [0.1, 0.15) is 79.1 Å². The normalized spacial score (nSPS) is 26.5. The van der Waals surface area contributed by atoms with Crippen molar-refractivity contribution in [2.24, 2.45) is 5.41 Å². The number of carbonyl (C=O) groups is 1. The van der Waals surface area contributed by atoms with Crippen LogP contribution in [-0.4, -0.2) is 50.7 Å². The second-order valence-electron chi connectivity index (χ2n) is 13.1. The summed E-state index contributed by atoms with van der Waals surface area (Å²) in [5, 5.41) is 16.4. The van der Waals surface area contributed by atoms with Crippen molar-refractivity contribution in [3.63, 3.8) is 0 Å². The highest BCUT2D eigenvalue weighted by molar-refractivity contribution is 7.13. The monoisotopic (exact) mass is 656 g/mol. The molecule has 2 aliphatic carbocycles. The summed E-state index contributed by atoms with van der Waals surface area (Å²) < 4.78 is 11.0. The van der Waals surface area contributed by atoms with Crippen molar-refractivity contribution in [3.8, 4) is 11.3 Å². The van der Waals surface area contributed by atoms with Crippen molar-refractivity contribution in [1.82, 2.24) is 14.4 Å². The second-order valence-corrected chi connectivity index (χ2v) is 15.1. The van der Waals surface area contributed by atoms with E-state index in [9.17, 15) is 9.90 Å². The van der Waals surface area contributed by atoms with Crippen molar-refractivity contribution in [3.05, 3.63) is 62.4 Å². The zero-order valence-electron chi connectivity index (χ0n) is 23.7. The minimum absolute atomic E-state index is 0.0798. The van der Waals surface area contributed by atoms with Gasteiger partial charge in [0.15, 0.2) is 5.69 Å². The van der Waals surface area contributed by atoms with Crippen LogP contribution in [-0.2, 0) is 6.54 Å². The molecule has 0 radical (unpaired) electrons. The quantitative estimate of drug-likeness (QED) is 0.213. The number of aromatic nitrogens is 2. The molecule has 2 saturated carbocycles. The number of halogens is 3. The average Bonchev–Trinajstić information content (AvgIpc) is 3.50. The lowest BCUT2D eigenvalue weighted by atomic mass is 9.58. The van der Waals surface area contributed by atoms with Gasteiger partial charge in [0.2, 0.25) is 0 Å². The number of nitrogens with zero attached hydrogens (tertiary/aromatic N) is 4. The number of anilines is 1. The fourth-order valence-electron chi connectivity index (χ4n) is 8.16. The van der Waals surface area contributed by atoms with E-state index in [1.165, 1.54) is 24.4 Å². The number of fused-ring (bicyclic) bond motifs is 3. The van der Waals surface area contributed by atoms with Crippen LogP contribution in [0.3, 0.4) is 0 Å². The van der Waals surface area contributed by atoms with Crippen LogP contribution in [0.25, 0.3) is 21.3 Å². The van der Waals surface area contributed by atoms with E-state index < -0.39 is 5.97 Å². The molecule has 11 heteroatoms. The van der Waals surface area contributed by atoms with Gasteiger partial charge in [0.1, 0.15) is 11.5 Å². The molecule has 2 aromatic heterocycles. The summed E-state index contributed by atoms with van der Waals surface area (Å²) in [6.45, 7) is 0.759. The number of hydrogen-bond donors (Lipinski definition) is 1. The van der Waals surface area contributed by atoms with Gasteiger partial charge >= 0.3 is 5.97 Å². The molecule has 7 nitrogen and oxygen atoms in total. The van der Waals surface area contributed by atoms with Crippen LogP contribution in [0.15, 0.2) is 34.9 Å². The van der Waals surface area contributed by atoms with Gasteiger partial charge in [-0.15, -0.1) is 0 Å². The predicted octanol–water partition coefficient (Wildman–Crippen LogP) is 8.90. The standard InChI is InChI=1S/C32H31Cl3N4O3S/c1-38(15-21-28(36-42-30(21)16-5-6-16)27-22(33)3-2-4-23(27)34)19-13-32(14-19)11-17-7-8-18(12-32)39(17)25-10-26-20(9-24(25)35)29(31(40)41)37-43-26/h2-4,9-10,16-19H,5-8,11-15H2,1H3,(H,40,41). The number of piperidine rings is 1. The zero-order valence-corrected chi connectivity index (χ0v) is 26.7. The lowest BCUT2D eigenvalue weighted by Crippen LogP contribution is -2.57. The molecule has 2 saturated heterocycles. The Hall–Kier alpha value is -2.36. The molecule has 0 amide bonds. The molecule has 2 bridgehead atoms. The minimum atomic E-state index is -1.02. The Morgan fingerprint density at radius 1 is 1.07 bits per heavy atom. The molecule has 4 aromatic rings. The van der Waals surface area contributed by atoms with Crippen molar-refractivity contribution in [1.29, 1.82) is 0 Å². The smallest absolute Gasteiger partial charge is 0.356 e. The first-order valence-corrected chi connectivity index (χ1v) is 16.9. The lowest BCUT2D eigenvalue weighted by molar-refractivity contribution is -0.0198. The number of rotatable bonds is 7. The van der Waals surface area contributed by atoms with Gasteiger partial charge in [-0.25, -0.2) is 4.79 Å². The van der Waals surface area contributed by atoms with Crippen molar-refractivity contribution >= 4 is 68.1 Å². The molecule has 4 heterocycles. The van der Waals surface area contributed by atoms with Crippen LogP contribution < -0.4 is 4.90 Å². The number of carboxylic acids is 1. The van der Waals surface area contributed by atoms with Crippen LogP contribution in [0, 0.1) is 5.41 Å². The van der Waals surface area contributed by atoms with Crippen LogP contribution >= 0.6 is 46.3 Å². The summed E-state index contributed by atoms with van der Waals surface area (Å²) in [7, 11) is 2.22. The highest BCUT2D eigenvalue weighted by Crippen LogP contribution is 2.59. The maximum absolute atomic E-state index is 11.6. The van der Waals surface area contributed by atoms with E-state index in [0.29, 0.717) is 49.9 Å². The summed E-state index contributed by atoms with van der Waals surface area (Å²) in [6.07, 6.45) is 9.27. The molecule has 4 fully saturated rings. The molecule has 2 aromatic carbocycles. The molecule has 4 aliphatic rings. The molecule has 2 atom stereocenters. The molecule has 8 rings (SSSR count). The van der Waals surface area contributed by atoms with Gasteiger partial charge in [0, 0.05) is 47.1 Å². The lowest BCUT2D eigenvalue weighted by Gasteiger charge is -2.57. The van der Waals surface area contributed by atoms with E-state index in [4.69, 9.17) is 39.3 Å². The predicted molar refractivity (Wildman–Crippen MR) is 171 cm³/mol. The van der Waals surface area contributed by atoms with Gasteiger partial charge in [-0.3, -0.25) is 4.90 Å². The van der Waals surface area contributed by atoms with Gasteiger partial charge in [-0.2, -0.15) is 4.37 Å². The third kappa shape index (κ3) is 4.67. The Morgan fingerprint density at radius 3 is 2.42 bits per heavy atom. The SMILES string of the molecule is CN(Cc1c(-c2c(Cl)cccc2Cl)noc1C1CC1)C1CC2(C1)CC1CCC(C2)N1c1cc2snc(C(=O)O)c2cc1Cl. The Bertz CT molecular complexity index is 1730. The van der Waals surface area contributed by atoms with Crippen molar-refractivity contribution < 1.29 is 14.4 Å². The minimum Gasteiger partial charge on any atom is -0.476 e. The van der Waals surface area contributed by atoms with E-state index in [-0.39, 0.29) is 5.69 Å². The molecular weight excluding hydrogens is 627 g/mol. The largest absolute Gasteiger partial charge is 0.476 e. The third-order valence-corrected chi connectivity index (χ3v) is 12.1. The Labute approximate surface area is 268 Å². The van der Waals surface area contributed by atoms with Gasteiger partial charge in [-0.05, 0) is 99.6 Å². The Kier molecular flexibility index (Phi) is 6.77. The van der Waals surface area contributed by atoms with Crippen molar-refractivity contribution in [2.75, 3.05) is 11.9 Å². The van der Waals surface area contributed by atoms with Crippen LogP contribution in [0.2, 0.25) is 15.1 Å². The molecule has 2 unspecified atom stereocenters. The topological polar surface area (TPSA) is 82.7 Å². The average molecular weight is 658 g/mol. The molecule has 43 heavy (non-hydrogen) atoms. The number of carboxylic acid groups (broad SMARTS) is 1. The fraction of sp³-hybridized carbons (Fsp3) is 0.469. The molecule has 1 N–H and O–H groups in total. The van der Waals surface area contributed by atoms with Crippen molar-refractivity contribution in [2.45, 2.75) is 82.0 Å². The number of hydrogen-bond acceptors (Lipinski definition) is 7. The van der Waals surface area contributed by atoms with E-state index >= 15 is 0 Å². The highest BCUT2D eigenvalue weighted by Gasteiger charge is 2.55. The summed E-state index contributed by atoms with van der Waals surface area (Å²) in [4.78, 5) is 16.6. The summed E-state index contributed by atoms with van der Waals surface area (Å²) in [6, 6.07) is 10.8. The first-order valence-electron chi connectivity index (χ1n) is 14.9. The molecule has 224 valence electrons. The summed E-state index contributed by atoms with van der Waals surface area (Å²) in [5.74, 6) is 0.407. The van der Waals surface area contributed by atoms with Gasteiger partial charge in [-0.1, -0.05) is 46.0 Å². The number of aromatic carboxylic acids is 1. The number of benzene rings is 2. The first-order chi connectivity index (χ1) is 20.7. The van der Waals surface area contributed by atoms with Gasteiger partial charge in [0.05, 0.1) is 25.5 Å². The zero-order chi connectivity index (χ0) is 29.6. The van der Waals surface area contributed by atoms with Crippen LogP contribution in [0.4, 0.5) is 5.69 Å². The Morgan fingerprint density at radius 2 is 1.77 bits per heavy atom. The second kappa shape index (κ2) is 10.3. The van der Waals surface area contributed by atoms with E-state index in [1.54, 1.807) is 6.07 Å². The van der Waals surface area contributed by atoms with Gasteiger partial charge < -0.3 is 14.5 Å². The molecular formula is C32H31Cl3N4O3S. The molecule has 2 aliphatic heterocycles. The first kappa shape index (κ1) is 28.1. The maximum atomic E-state index is 11.6. The Balaban J connectivity index is 0.991. The van der Waals surface area contributed by atoms with E-state index in [1.807, 2.05) is 18.2 Å². The highest BCUT2D eigenvalue weighted by atomic mass is 35.5.